The molecule has 0 aliphatic heterocycles. The van der Waals surface area contributed by atoms with Crippen LogP contribution in [0.3, 0.4) is 0 Å². The maximum Gasteiger partial charge on any atom is 0.320 e. The van der Waals surface area contributed by atoms with E-state index in [0.29, 0.717) is 0 Å². The number of carboxylic acids is 1. The van der Waals surface area contributed by atoms with Gasteiger partial charge >= 0.3 is 5.97 Å². The molecule has 0 aliphatic carbocycles. The Hall–Kier alpha value is -0.870. The highest BCUT2D eigenvalue weighted by atomic mass is 16.4. The van der Waals surface area contributed by atoms with Crippen LogP contribution in [0, 0.1) is 0 Å². The van der Waals surface area contributed by atoms with Crippen molar-refractivity contribution in [2.45, 2.75) is 110 Å². The van der Waals surface area contributed by atoms with E-state index >= 15 is 0 Å². The third-order valence-electron chi connectivity index (χ3n) is 4.85. The molecule has 1 unspecified atom stereocenters. The fourth-order valence-corrected chi connectivity index (χ4v) is 2.61. The van der Waals surface area contributed by atoms with Crippen molar-refractivity contribution in [2.75, 3.05) is 20.6 Å². The van der Waals surface area contributed by atoms with E-state index in [1.165, 1.54) is 89.9 Å². The second kappa shape index (κ2) is 23.2. The molecular weight excluding hydrogens is 336 g/mol. The zero-order valence-corrected chi connectivity index (χ0v) is 18.7. The summed E-state index contributed by atoms with van der Waals surface area (Å²) >= 11 is 0. The van der Waals surface area contributed by atoms with Crippen LogP contribution in [0.1, 0.15) is 104 Å². The van der Waals surface area contributed by atoms with Crippen LogP contribution in [0.4, 0.5) is 0 Å². The fraction of sp³-hybridized carbons (Fsp3) is 0.870. The van der Waals surface area contributed by atoms with E-state index in [9.17, 15) is 4.79 Å². The normalized spacial score (nSPS) is 12.2. The lowest BCUT2D eigenvalue weighted by Crippen LogP contribution is -2.32. The van der Waals surface area contributed by atoms with Gasteiger partial charge < -0.3 is 10.8 Å². The maximum atomic E-state index is 10.1. The quantitative estimate of drug-likeness (QED) is 0.238. The van der Waals surface area contributed by atoms with Gasteiger partial charge in [0.15, 0.2) is 0 Å². The van der Waals surface area contributed by atoms with E-state index in [4.69, 9.17) is 10.8 Å². The van der Waals surface area contributed by atoms with E-state index in [2.05, 4.69) is 19.1 Å². The minimum Gasteiger partial charge on any atom is -0.480 e. The Labute approximate surface area is 169 Å². The molecule has 0 radical (unpaired) electrons. The van der Waals surface area contributed by atoms with Gasteiger partial charge in [-0.2, -0.15) is 0 Å². The summed E-state index contributed by atoms with van der Waals surface area (Å²) in [7, 11) is 3.47. The summed E-state index contributed by atoms with van der Waals surface area (Å²) in [6, 6.07) is -0.380. The molecule has 4 nitrogen and oxygen atoms in total. The van der Waals surface area contributed by atoms with Crippen LogP contribution in [0.25, 0.3) is 0 Å². The van der Waals surface area contributed by atoms with Crippen LogP contribution in [0.5, 0.6) is 0 Å². The number of nitrogens with two attached hydrogens (primary N) is 1. The molecule has 0 aromatic carbocycles. The van der Waals surface area contributed by atoms with Gasteiger partial charge in [-0.05, 0) is 59.7 Å². The second-order valence-corrected chi connectivity index (χ2v) is 7.70. The van der Waals surface area contributed by atoms with Gasteiger partial charge in [-0.3, -0.25) is 9.69 Å². The van der Waals surface area contributed by atoms with Gasteiger partial charge in [0, 0.05) is 0 Å². The Bertz CT molecular complexity index is 330. The zero-order valence-electron chi connectivity index (χ0n) is 18.7. The molecule has 3 N–H and O–H groups in total. The van der Waals surface area contributed by atoms with Crippen molar-refractivity contribution >= 4 is 5.97 Å². The Morgan fingerprint density at radius 2 is 1.26 bits per heavy atom. The van der Waals surface area contributed by atoms with Crippen molar-refractivity contribution in [1.82, 2.24) is 4.90 Å². The van der Waals surface area contributed by atoms with Gasteiger partial charge in [0.1, 0.15) is 6.04 Å². The van der Waals surface area contributed by atoms with E-state index < -0.39 is 5.97 Å². The van der Waals surface area contributed by atoms with Crippen molar-refractivity contribution in [2.24, 2.45) is 5.73 Å². The van der Waals surface area contributed by atoms with Gasteiger partial charge in [0.05, 0.1) is 0 Å². The zero-order chi connectivity index (χ0) is 20.8. The molecule has 4 heteroatoms. The summed E-state index contributed by atoms with van der Waals surface area (Å²) < 4.78 is 0. The first-order valence-electron chi connectivity index (χ1n) is 11.2. The molecule has 0 rings (SSSR count). The van der Waals surface area contributed by atoms with Crippen LogP contribution in [0.15, 0.2) is 12.2 Å². The van der Waals surface area contributed by atoms with Crippen LogP contribution >= 0.6 is 0 Å². The number of allylic oxidation sites excluding steroid dienone is 2. The number of hydrogen-bond donors (Lipinski definition) is 2. The van der Waals surface area contributed by atoms with Gasteiger partial charge in [-0.15, -0.1) is 0 Å². The number of nitrogens with zero attached hydrogens (tertiary/aromatic N) is 1. The molecule has 0 saturated heterocycles. The van der Waals surface area contributed by atoms with Crippen LogP contribution < -0.4 is 5.73 Å². The Balaban J connectivity index is 0. The highest BCUT2D eigenvalue weighted by Gasteiger charge is 2.11. The average Bonchev–Trinajstić information content (AvgIpc) is 2.64. The van der Waals surface area contributed by atoms with Gasteiger partial charge in [0.2, 0.25) is 0 Å². The summed E-state index contributed by atoms with van der Waals surface area (Å²) in [6.07, 6.45) is 23.9. The number of likely N-dealkylation sites (N-methyl/N-ethyl adjacent to an activating group) is 1. The highest BCUT2D eigenvalue weighted by molar-refractivity contribution is 5.72. The second-order valence-electron chi connectivity index (χ2n) is 7.70. The van der Waals surface area contributed by atoms with Crippen molar-refractivity contribution in [3.8, 4) is 0 Å². The first-order valence-corrected chi connectivity index (χ1v) is 11.2. The molecular formula is C23H48N2O2. The summed E-state index contributed by atoms with van der Waals surface area (Å²) in [5.41, 5.74) is 5.47. The minimum atomic E-state index is -0.782. The SMILES string of the molecule is CC(C(=O)O)N(C)C.CCCCCCCC/C=C\CCCCCCCCN. The molecule has 0 heterocycles. The maximum absolute atomic E-state index is 10.1. The molecule has 27 heavy (non-hydrogen) atoms. The number of aliphatic carboxylic acids is 1. The number of rotatable bonds is 17. The third kappa shape index (κ3) is 25.1. The topological polar surface area (TPSA) is 66.6 Å². The minimum absolute atomic E-state index is 0.380. The molecule has 0 bridgehead atoms. The lowest BCUT2D eigenvalue weighted by molar-refractivity contribution is -0.141. The number of carbonyl (C=O) groups is 1. The lowest BCUT2D eigenvalue weighted by Gasteiger charge is -2.13. The third-order valence-corrected chi connectivity index (χ3v) is 4.85. The van der Waals surface area contributed by atoms with Crippen molar-refractivity contribution in [1.29, 1.82) is 0 Å². The van der Waals surface area contributed by atoms with E-state index in [-0.39, 0.29) is 6.04 Å². The lowest BCUT2D eigenvalue weighted by atomic mass is 10.1. The Morgan fingerprint density at radius 3 is 1.59 bits per heavy atom. The van der Waals surface area contributed by atoms with Gasteiger partial charge in [-0.1, -0.05) is 76.9 Å². The van der Waals surface area contributed by atoms with Crippen molar-refractivity contribution in [3.05, 3.63) is 12.2 Å². The summed E-state index contributed by atoms with van der Waals surface area (Å²) in [4.78, 5) is 11.7. The van der Waals surface area contributed by atoms with Crippen molar-refractivity contribution in [3.63, 3.8) is 0 Å². The van der Waals surface area contributed by atoms with E-state index in [1.807, 2.05) is 0 Å². The molecule has 162 valence electrons. The largest absolute Gasteiger partial charge is 0.480 e. The molecule has 1 atom stereocenters. The molecule has 0 fully saturated rings. The molecule has 0 spiro atoms. The van der Waals surface area contributed by atoms with Crippen molar-refractivity contribution < 1.29 is 9.90 Å². The molecule has 0 aliphatic rings. The van der Waals surface area contributed by atoms with Gasteiger partial charge in [0.25, 0.3) is 0 Å². The molecule has 0 aromatic rings. The highest BCUT2D eigenvalue weighted by Crippen LogP contribution is 2.09. The number of hydrogen-bond acceptors (Lipinski definition) is 3. The van der Waals surface area contributed by atoms with E-state index in [1.54, 1.807) is 25.9 Å². The Kier molecular flexibility index (Phi) is 24.3. The summed E-state index contributed by atoms with van der Waals surface area (Å²) in [5.74, 6) is -0.782. The van der Waals surface area contributed by atoms with Gasteiger partial charge in [-0.25, -0.2) is 0 Å². The predicted molar refractivity (Wildman–Crippen MR) is 119 cm³/mol. The van der Waals surface area contributed by atoms with Crippen LogP contribution in [-0.2, 0) is 4.79 Å². The monoisotopic (exact) mass is 384 g/mol. The summed E-state index contributed by atoms with van der Waals surface area (Å²) in [5, 5.41) is 8.31. The molecule has 0 aromatic heterocycles. The standard InChI is InChI=1S/C18H37N.C5H11NO2/c1-2-3-4-5-6-7-8-9-10-11-12-13-14-15-16-17-18-19;1-4(5(7)8)6(2)3/h9-10H,2-8,11-19H2,1H3;4H,1-3H3,(H,7,8)/b10-9-;. The number of unbranched alkanes of at least 4 members (excludes halogenated alkanes) is 12. The number of carboxylic acid groups (broad SMARTS) is 1. The first kappa shape index (κ1) is 28.3. The first-order chi connectivity index (χ1) is 13.0. The molecule has 0 saturated carbocycles. The predicted octanol–water partition coefficient (Wildman–Crippen LogP) is 6.00. The average molecular weight is 385 g/mol. The fourth-order valence-electron chi connectivity index (χ4n) is 2.61. The van der Waals surface area contributed by atoms with E-state index in [0.717, 1.165) is 6.54 Å². The Morgan fingerprint density at radius 1 is 0.852 bits per heavy atom. The summed E-state index contributed by atoms with van der Waals surface area (Å²) in [6.45, 7) is 4.78. The molecule has 0 amide bonds. The smallest absolute Gasteiger partial charge is 0.320 e. The van der Waals surface area contributed by atoms with Crippen LogP contribution in [0.2, 0.25) is 0 Å². The van der Waals surface area contributed by atoms with Crippen LogP contribution in [-0.4, -0.2) is 42.7 Å².